The van der Waals surface area contributed by atoms with Crippen molar-refractivity contribution in [2.75, 3.05) is 0 Å². The largest absolute Gasteiger partial charge is 0.317 e. The molecule has 0 bridgehead atoms. The first-order valence-electron chi connectivity index (χ1n) is 4.92. The van der Waals surface area contributed by atoms with Crippen molar-refractivity contribution < 1.29 is 8.78 Å². The zero-order valence-corrected chi connectivity index (χ0v) is 9.57. The molecule has 1 aromatic rings. The zero-order valence-electron chi connectivity index (χ0n) is 9.57. The monoisotopic (exact) mass is 213 g/mol. The van der Waals surface area contributed by atoms with Gasteiger partial charge in [-0.1, -0.05) is 17.7 Å². The van der Waals surface area contributed by atoms with E-state index in [0.29, 0.717) is 5.56 Å². The molecule has 0 aromatic heterocycles. The van der Waals surface area contributed by atoms with Gasteiger partial charge in [-0.15, -0.1) is 0 Å². The molecule has 2 N–H and O–H groups in total. The van der Waals surface area contributed by atoms with Crippen molar-refractivity contribution in [3.8, 4) is 0 Å². The van der Waals surface area contributed by atoms with Crippen LogP contribution in [0.25, 0.3) is 0 Å². The predicted molar refractivity (Wildman–Crippen MR) is 58.2 cm³/mol. The summed E-state index contributed by atoms with van der Waals surface area (Å²) in [5.41, 5.74) is 7.40. The Morgan fingerprint density at radius 1 is 1.13 bits per heavy atom. The van der Waals surface area contributed by atoms with Crippen LogP contribution in [0.15, 0.2) is 12.1 Å². The zero-order chi connectivity index (χ0) is 11.8. The predicted octanol–water partition coefficient (Wildman–Crippen LogP) is 3.05. The molecular formula is C12H17F2N. The summed E-state index contributed by atoms with van der Waals surface area (Å²) in [6.45, 7) is 6.97. The molecule has 3 heteroatoms. The van der Waals surface area contributed by atoms with Crippen LogP contribution in [-0.4, -0.2) is 6.43 Å². The second kappa shape index (κ2) is 3.89. The normalized spacial score (nSPS) is 15.5. The number of aryl methyl sites for hydroxylation is 3. The Kier molecular flexibility index (Phi) is 3.14. The Balaban J connectivity index is 3.38. The minimum atomic E-state index is -2.56. The van der Waals surface area contributed by atoms with Crippen molar-refractivity contribution in [3.05, 3.63) is 34.4 Å². The van der Waals surface area contributed by atoms with Gasteiger partial charge < -0.3 is 5.73 Å². The Labute approximate surface area is 89.3 Å². The van der Waals surface area contributed by atoms with Crippen molar-refractivity contribution in [1.29, 1.82) is 0 Å². The van der Waals surface area contributed by atoms with Crippen LogP contribution in [0.1, 0.15) is 29.2 Å². The minimum Gasteiger partial charge on any atom is -0.317 e. The molecule has 1 rings (SSSR count). The molecule has 1 aromatic carbocycles. The second-order valence-electron chi connectivity index (χ2n) is 4.36. The third-order valence-electron chi connectivity index (χ3n) is 2.67. The van der Waals surface area contributed by atoms with Crippen LogP contribution in [0.3, 0.4) is 0 Å². The average Bonchev–Trinajstić information content (AvgIpc) is 2.00. The van der Waals surface area contributed by atoms with Crippen molar-refractivity contribution in [2.24, 2.45) is 5.73 Å². The van der Waals surface area contributed by atoms with E-state index in [1.165, 1.54) is 6.92 Å². The maximum absolute atomic E-state index is 12.8. The first-order valence-corrected chi connectivity index (χ1v) is 4.92. The van der Waals surface area contributed by atoms with E-state index in [2.05, 4.69) is 0 Å². The third-order valence-corrected chi connectivity index (χ3v) is 2.67. The number of benzene rings is 1. The second-order valence-corrected chi connectivity index (χ2v) is 4.36. The Morgan fingerprint density at radius 2 is 1.53 bits per heavy atom. The van der Waals surface area contributed by atoms with Crippen molar-refractivity contribution in [3.63, 3.8) is 0 Å². The fourth-order valence-electron chi connectivity index (χ4n) is 2.14. The summed E-state index contributed by atoms with van der Waals surface area (Å²) in [5.74, 6) is 0. The van der Waals surface area contributed by atoms with Gasteiger partial charge in [0.25, 0.3) is 6.43 Å². The average molecular weight is 213 g/mol. The summed E-state index contributed by atoms with van der Waals surface area (Å²) >= 11 is 0. The van der Waals surface area contributed by atoms with E-state index in [4.69, 9.17) is 5.73 Å². The molecule has 0 aliphatic heterocycles. The Bertz CT molecular complexity index is 347. The Hall–Kier alpha value is -0.960. The van der Waals surface area contributed by atoms with Crippen LogP contribution in [0, 0.1) is 20.8 Å². The minimum absolute atomic E-state index is 0.558. The van der Waals surface area contributed by atoms with E-state index in [0.717, 1.165) is 16.7 Å². The first kappa shape index (κ1) is 12.1. The van der Waals surface area contributed by atoms with E-state index in [1.807, 2.05) is 32.9 Å². The molecule has 1 unspecified atom stereocenters. The number of rotatable bonds is 2. The maximum atomic E-state index is 12.8. The van der Waals surface area contributed by atoms with Crippen molar-refractivity contribution in [1.82, 2.24) is 0 Å². The molecule has 0 saturated carbocycles. The summed E-state index contributed by atoms with van der Waals surface area (Å²) in [4.78, 5) is 0. The van der Waals surface area contributed by atoms with Crippen molar-refractivity contribution in [2.45, 2.75) is 39.7 Å². The lowest BCUT2D eigenvalue weighted by Gasteiger charge is -2.28. The standard InChI is InChI=1S/C12H17F2N/c1-7-5-8(2)10(9(3)6-7)12(4,15)11(13)14/h5-6,11H,15H2,1-4H3. The lowest BCUT2D eigenvalue weighted by molar-refractivity contribution is 0.0618. The lowest BCUT2D eigenvalue weighted by atomic mass is 9.85. The first-order chi connectivity index (χ1) is 6.76. The fourth-order valence-corrected chi connectivity index (χ4v) is 2.14. The van der Waals surface area contributed by atoms with Crippen LogP contribution < -0.4 is 5.73 Å². The van der Waals surface area contributed by atoms with Gasteiger partial charge in [-0.3, -0.25) is 0 Å². The van der Waals surface area contributed by atoms with Gasteiger partial charge in [0.15, 0.2) is 0 Å². The van der Waals surface area contributed by atoms with Gasteiger partial charge in [0.05, 0.1) is 0 Å². The molecule has 1 atom stereocenters. The van der Waals surface area contributed by atoms with E-state index < -0.39 is 12.0 Å². The van der Waals surface area contributed by atoms with Crippen LogP contribution in [-0.2, 0) is 5.54 Å². The Morgan fingerprint density at radius 3 is 1.87 bits per heavy atom. The SMILES string of the molecule is Cc1cc(C)c(C(C)(N)C(F)F)c(C)c1. The quantitative estimate of drug-likeness (QED) is 0.802. The number of hydrogen-bond donors (Lipinski definition) is 1. The molecule has 84 valence electrons. The molecule has 15 heavy (non-hydrogen) atoms. The van der Waals surface area contributed by atoms with E-state index in [-0.39, 0.29) is 0 Å². The molecular weight excluding hydrogens is 196 g/mol. The van der Waals surface area contributed by atoms with E-state index in [1.54, 1.807) is 0 Å². The molecule has 0 fully saturated rings. The van der Waals surface area contributed by atoms with Gasteiger partial charge in [0, 0.05) is 0 Å². The van der Waals surface area contributed by atoms with Gasteiger partial charge in [0.2, 0.25) is 0 Å². The van der Waals surface area contributed by atoms with Crippen LogP contribution in [0.4, 0.5) is 8.78 Å². The lowest BCUT2D eigenvalue weighted by Crippen LogP contribution is -2.42. The van der Waals surface area contributed by atoms with Gasteiger partial charge in [-0.2, -0.15) is 0 Å². The van der Waals surface area contributed by atoms with Gasteiger partial charge in [-0.25, -0.2) is 8.78 Å². The maximum Gasteiger partial charge on any atom is 0.260 e. The highest BCUT2D eigenvalue weighted by Gasteiger charge is 2.34. The van der Waals surface area contributed by atoms with Crippen LogP contribution in [0.5, 0.6) is 0 Å². The molecule has 0 aliphatic rings. The molecule has 1 nitrogen and oxygen atoms in total. The van der Waals surface area contributed by atoms with Crippen molar-refractivity contribution >= 4 is 0 Å². The highest BCUT2D eigenvalue weighted by atomic mass is 19.3. The van der Waals surface area contributed by atoms with Crippen LogP contribution in [0.2, 0.25) is 0 Å². The topological polar surface area (TPSA) is 26.0 Å². The fraction of sp³-hybridized carbons (Fsp3) is 0.500. The van der Waals surface area contributed by atoms with Gasteiger partial charge >= 0.3 is 0 Å². The van der Waals surface area contributed by atoms with Gasteiger partial charge in [0.1, 0.15) is 5.54 Å². The van der Waals surface area contributed by atoms with Crippen LogP contribution >= 0.6 is 0 Å². The summed E-state index contributed by atoms with van der Waals surface area (Å²) in [6, 6.07) is 3.77. The third kappa shape index (κ3) is 2.17. The number of alkyl halides is 2. The molecule has 0 spiro atoms. The highest BCUT2D eigenvalue weighted by molar-refractivity contribution is 5.42. The molecule has 0 amide bonds. The summed E-state index contributed by atoms with van der Waals surface area (Å²) in [6.07, 6.45) is -2.56. The summed E-state index contributed by atoms with van der Waals surface area (Å²) in [5, 5.41) is 0. The van der Waals surface area contributed by atoms with E-state index in [9.17, 15) is 8.78 Å². The summed E-state index contributed by atoms with van der Waals surface area (Å²) in [7, 11) is 0. The van der Waals surface area contributed by atoms with Gasteiger partial charge in [-0.05, 0) is 44.4 Å². The highest BCUT2D eigenvalue weighted by Crippen LogP contribution is 2.31. The smallest absolute Gasteiger partial charge is 0.260 e. The molecule has 0 aliphatic carbocycles. The molecule has 0 heterocycles. The molecule has 0 saturated heterocycles. The number of halogens is 2. The van der Waals surface area contributed by atoms with E-state index >= 15 is 0 Å². The number of nitrogens with two attached hydrogens (primary N) is 1. The number of hydrogen-bond acceptors (Lipinski definition) is 1. The molecule has 0 radical (unpaired) electrons. The summed E-state index contributed by atoms with van der Waals surface area (Å²) < 4.78 is 25.7.